The van der Waals surface area contributed by atoms with Crippen LogP contribution in [0.15, 0.2) is 0 Å². The van der Waals surface area contributed by atoms with Gasteiger partial charge in [0.25, 0.3) is 0 Å². The summed E-state index contributed by atoms with van der Waals surface area (Å²) in [5.41, 5.74) is 5.43. The molecule has 0 atom stereocenters. The maximum Gasteiger partial charge on any atom is 0.244 e. The van der Waals surface area contributed by atoms with E-state index in [0.717, 1.165) is 0 Å². The number of anilines is 1. The van der Waals surface area contributed by atoms with Gasteiger partial charge in [0.05, 0.1) is 0 Å². The number of hydrogen-bond acceptors (Lipinski definition) is 5. The Hall–Kier alpha value is -1.66. The van der Waals surface area contributed by atoms with Crippen molar-refractivity contribution >= 4 is 11.9 Å². The fourth-order valence-electron chi connectivity index (χ4n) is 1.13. The fraction of sp³-hybridized carbons (Fsp3) is 0.714. The van der Waals surface area contributed by atoms with E-state index < -0.39 is 0 Å². The van der Waals surface area contributed by atoms with Gasteiger partial charge in [-0.1, -0.05) is 5.10 Å². The summed E-state index contributed by atoms with van der Waals surface area (Å²) in [6.45, 7) is 5.30. The summed E-state index contributed by atoms with van der Waals surface area (Å²) in [4.78, 5) is 13.3. The molecule has 0 aliphatic rings. The minimum atomic E-state index is -0.0333. The molecule has 0 spiro atoms. The number of nitrogens with two attached hydrogens (primary N) is 1. The first-order valence-electron chi connectivity index (χ1n) is 4.48. The van der Waals surface area contributed by atoms with Crippen LogP contribution in [0.2, 0.25) is 0 Å². The zero-order chi connectivity index (χ0) is 10.6. The van der Waals surface area contributed by atoms with E-state index in [1.165, 1.54) is 4.68 Å². The van der Waals surface area contributed by atoms with Crippen LogP contribution < -0.4 is 5.73 Å². The molecule has 14 heavy (non-hydrogen) atoms. The second kappa shape index (κ2) is 4.54. The highest BCUT2D eigenvalue weighted by Crippen LogP contribution is 1.96. The van der Waals surface area contributed by atoms with Gasteiger partial charge >= 0.3 is 0 Å². The van der Waals surface area contributed by atoms with Crippen molar-refractivity contribution in [1.29, 1.82) is 0 Å². The lowest BCUT2D eigenvalue weighted by atomic mass is 10.4. The molecule has 1 rings (SSSR count). The molecule has 78 valence electrons. The van der Waals surface area contributed by atoms with E-state index in [2.05, 4.69) is 15.5 Å². The maximum absolute atomic E-state index is 11.6. The molecule has 2 N–H and O–H groups in total. The van der Waals surface area contributed by atoms with Gasteiger partial charge in [-0.2, -0.15) is 0 Å². The van der Waals surface area contributed by atoms with Crippen molar-refractivity contribution < 1.29 is 4.79 Å². The average molecular weight is 198 g/mol. The highest BCUT2D eigenvalue weighted by atomic mass is 16.2. The third kappa shape index (κ3) is 2.18. The summed E-state index contributed by atoms with van der Waals surface area (Å²) in [6.07, 6.45) is 0. The predicted octanol–water partition coefficient (Wildman–Crippen LogP) is -0.876. The van der Waals surface area contributed by atoms with Crippen molar-refractivity contribution in [3.05, 3.63) is 0 Å². The van der Waals surface area contributed by atoms with Gasteiger partial charge in [0.15, 0.2) is 0 Å². The van der Waals surface area contributed by atoms with Crippen LogP contribution in [-0.4, -0.2) is 44.1 Å². The lowest BCUT2D eigenvalue weighted by Gasteiger charge is -2.18. The number of carbonyl (C=O) groups is 1. The summed E-state index contributed by atoms with van der Waals surface area (Å²) < 4.78 is 1.28. The van der Waals surface area contributed by atoms with E-state index in [9.17, 15) is 4.79 Å². The molecule has 7 heteroatoms. The number of hydrogen-bond donors (Lipinski definition) is 1. The number of rotatable bonds is 4. The summed E-state index contributed by atoms with van der Waals surface area (Å²) >= 11 is 0. The molecule has 0 saturated carbocycles. The number of aromatic nitrogens is 4. The van der Waals surface area contributed by atoms with Crippen molar-refractivity contribution in [2.75, 3.05) is 18.8 Å². The summed E-state index contributed by atoms with van der Waals surface area (Å²) in [5, 5.41) is 10.4. The Morgan fingerprint density at radius 1 is 1.50 bits per heavy atom. The molecule has 1 amide bonds. The molecule has 0 bridgehead atoms. The van der Waals surface area contributed by atoms with Crippen molar-refractivity contribution in [3.8, 4) is 0 Å². The largest absolute Gasteiger partial charge is 0.367 e. The van der Waals surface area contributed by atoms with Gasteiger partial charge < -0.3 is 10.6 Å². The van der Waals surface area contributed by atoms with Crippen molar-refractivity contribution in [3.63, 3.8) is 0 Å². The lowest BCUT2D eigenvalue weighted by Crippen LogP contribution is -2.34. The molecule has 0 radical (unpaired) electrons. The van der Waals surface area contributed by atoms with Crippen LogP contribution in [0.1, 0.15) is 13.8 Å². The molecule has 0 saturated heterocycles. The van der Waals surface area contributed by atoms with Crippen LogP contribution in [0.4, 0.5) is 5.95 Å². The first-order valence-corrected chi connectivity index (χ1v) is 4.48. The zero-order valence-corrected chi connectivity index (χ0v) is 8.34. The third-order valence-corrected chi connectivity index (χ3v) is 1.96. The number of nitrogen functional groups attached to an aromatic ring is 1. The molecule has 0 aliphatic heterocycles. The van der Waals surface area contributed by atoms with E-state index in [1.54, 1.807) is 4.90 Å². The molecule has 0 fully saturated rings. The predicted molar refractivity (Wildman–Crippen MR) is 50.2 cm³/mol. The minimum Gasteiger partial charge on any atom is -0.367 e. The molecule has 1 heterocycles. The number of carbonyl (C=O) groups excluding carboxylic acids is 1. The van der Waals surface area contributed by atoms with E-state index in [4.69, 9.17) is 5.73 Å². The Bertz CT molecular complexity index is 305. The quantitative estimate of drug-likeness (QED) is 0.678. The third-order valence-electron chi connectivity index (χ3n) is 1.96. The van der Waals surface area contributed by atoms with Crippen LogP contribution in [0.3, 0.4) is 0 Å². The molecule has 1 aromatic rings. The van der Waals surface area contributed by atoms with Gasteiger partial charge in [-0.15, -0.1) is 0 Å². The van der Waals surface area contributed by atoms with Gasteiger partial charge in [-0.3, -0.25) is 4.79 Å². The van der Waals surface area contributed by atoms with Gasteiger partial charge in [0.2, 0.25) is 11.9 Å². The Balaban J connectivity index is 2.61. The maximum atomic E-state index is 11.6. The summed E-state index contributed by atoms with van der Waals surface area (Å²) in [6, 6.07) is 0. The SMILES string of the molecule is CCN(CC)C(=O)Cn1nnnc1N. The summed E-state index contributed by atoms with van der Waals surface area (Å²) in [5.74, 6) is 0.125. The van der Waals surface area contributed by atoms with Crippen molar-refractivity contribution in [2.24, 2.45) is 0 Å². The van der Waals surface area contributed by atoms with Crippen LogP contribution >= 0.6 is 0 Å². The monoisotopic (exact) mass is 198 g/mol. The standard InChI is InChI=1S/C7H14N6O/c1-3-12(4-2)6(14)5-13-7(8)9-10-11-13/h3-5H2,1-2H3,(H2,8,9,11). The molecule has 0 aliphatic carbocycles. The smallest absolute Gasteiger partial charge is 0.244 e. The molecule has 0 aromatic carbocycles. The van der Waals surface area contributed by atoms with Crippen LogP contribution in [0.5, 0.6) is 0 Å². The van der Waals surface area contributed by atoms with Crippen LogP contribution in [-0.2, 0) is 11.3 Å². The number of likely N-dealkylation sites (N-methyl/N-ethyl adjacent to an activating group) is 1. The Morgan fingerprint density at radius 3 is 2.57 bits per heavy atom. The van der Waals surface area contributed by atoms with E-state index >= 15 is 0 Å². The topological polar surface area (TPSA) is 89.9 Å². The van der Waals surface area contributed by atoms with Gasteiger partial charge in [0, 0.05) is 13.1 Å². The highest BCUT2D eigenvalue weighted by molar-refractivity contribution is 5.76. The van der Waals surface area contributed by atoms with Crippen molar-refractivity contribution in [1.82, 2.24) is 25.1 Å². The van der Waals surface area contributed by atoms with E-state index in [0.29, 0.717) is 13.1 Å². The minimum absolute atomic E-state index is 0.0333. The molecule has 0 unspecified atom stereocenters. The Labute approximate surface area is 81.9 Å². The van der Waals surface area contributed by atoms with E-state index in [1.807, 2.05) is 13.8 Å². The molecular weight excluding hydrogens is 184 g/mol. The lowest BCUT2D eigenvalue weighted by molar-refractivity contribution is -0.131. The number of tetrazole rings is 1. The first-order chi connectivity index (χ1) is 6.69. The van der Waals surface area contributed by atoms with Gasteiger partial charge in [-0.05, 0) is 24.3 Å². The van der Waals surface area contributed by atoms with Gasteiger partial charge in [-0.25, -0.2) is 4.68 Å². The van der Waals surface area contributed by atoms with Crippen molar-refractivity contribution in [2.45, 2.75) is 20.4 Å². The normalized spacial score (nSPS) is 10.1. The number of amides is 1. The number of nitrogens with zero attached hydrogens (tertiary/aromatic N) is 5. The Morgan fingerprint density at radius 2 is 2.14 bits per heavy atom. The summed E-state index contributed by atoms with van der Waals surface area (Å²) in [7, 11) is 0. The van der Waals surface area contributed by atoms with Crippen LogP contribution in [0, 0.1) is 0 Å². The van der Waals surface area contributed by atoms with Gasteiger partial charge in [0.1, 0.15) is 6.54 Å². The fourth-order valence-corrected chi connectivity index (χ4v) is 1.13. The zero-order valence-electron chi connectivity index (χ0n) is 8.34. The molecular formula is C7H14N6O. The van der Waals surface area contributed by atoms with Crippen LogP contribution in [0.25, 0.3) is 0 Å². The average Bonchev–Trinajstić information content (AvgIpc) is 2.54. The molecule has 1 aromatic heterocycles. The second-order valence-electron chi connectivity index (χ2n) is 2.76. The Kier molecular flexibility index (Phi) is 3.38. The van der Waals surface area contributed by atoms with E-state index in [-0.39, 0.29) is 18.4 Å². The highest BCUT2D eigenvalue weighted by Gasteiger charge is 2.12. The second-order valence-corrected chi connectivity index (χ2v) is 2.76. The first kappa shape index (κ1) is 10.4. The molecule has 7 nitrogen and oxygen atoms in total.